The third kappa shape index (κ3) is 7.16. The molecule has 0 heterocycles. The van der Waals surface area contributed by atoms with Crippen LogP contribution in [0.1, 0.15) is 26.7 Å². The van der Waals surface area contributed by atoms with Crippen molar-refractivity contribution in [3.8, 4) is 0 Å². The molecule has 0 aromatic rings. The average molecular weight is 218 g/mol. The average Bonchev–Trinajstić information content (AvgIpc) is 1.95. The number of halogens is 3. The molecule has 0 radical (unpaired) electrons. The zero-order valence-electron chi connectivity index (χ0n) is 7.15. The zero-order valence-corrected chi connectivity index (χ0v) is 8.78. The lowest BCUT2D eigenvalue weighted by Crippen LogP contribution is -2.15. The van der Waals surface area contributed by atoms with Gasteiger partial charge in [0, 0.05) is 11.0 Å². The third-order valence-electron chi connectivity index (χ3n) is 1.24. The van der Waals surface area contributed by atoms with Crippen LogP contribution in [0.2, 0.25) is 0 Å². The van der Waals surface area contributed by atoms with Gasteiger partial charge in [-0.3, -0.25) is 0 Å². The van der Waals surface area contributed by atoms with E-state index in [1.807, 2.05) is 6.92 Å². The summed E-state index contributed by atoms with van der Waals surface area (Å²) >= 11 is 0. The largest absolute Gasteiger partial charge is 0.390 e. The molecule has 0 aliphatic heterocycles. The van der Waals surface area contributed by atoms with Crippen LogP contribution < -0.4 is 0 Å². The molecule has 0 aromatic carbocycles. The highest BCUT2D eigenvalue weighted by molar-refractivity contribution is 8.76. The van der Waals surface area contributed by atoms with E-state index in [0.29, 0.717) is 6.42 Å². The van der Waals surface area contributed by atoms with Gasteiger partial charge in [0.05, 0.1) is 6.42 Å². The maximum absolute atomic E-state index is 11.9. The molecular formula is C7H13F3S2. The van der Waals surface area contributed by atoms with Crippen molar-refractivity contribution in [3.63, 3.8) is 0 Å². The fourth-order valence-electron chi connectivity index (χ4n) is 0.669. The summed E-state index contributed by atoms with van der Waals surface area (Å²) in [4.78, 5) is 0. The van der Waals surface area contributed by atoms with Gasteiger partial charge in [-0.1, -0.05) is 35.4 Å². The fraction of sp³-hybridized carbons (Fsp3) is 1.00. The maximum Gasteiger partial charge on any atom is 0.390 e. The van der Waals surface area contributed by atoms with E-state index in [0.717, 1.165) is 5.75 Å². The van der Waals surface area contributed by atoms with Gasteiger partial charge in [-0.25, -0.2) is 0 Å². The van der Waals surface area contributed by atoms with E-state index in [9.17, 15) is 13.2 Å². The van der Waals surface area contributed by atoms with Gasteiger partial charge in [-0.2, -0.15) is 13.2 Å². The standard InChI is InChI=1S/C7H13F3S2/c1-3-6(12-11-4-2)5-7(8,9)10/h6H,3-5H2,1-2H3/t6-/m0/s1. The summed E-state index contributed by atoms with van der Waals surface area (Å²) in [5.74, 6) is 0.860. The van der Waals surface area contributed by atoms with Crippen molar-refractivity contribution < 1.29 is 13.2 Å². The first kappa shape index (κ1) is 12.5. The van der Waals surface area contributed by atoms with Crippen LogP contribution >= 0.6 is 21.6 Å². The number of alkyl halides is 3. The van der Waals surface area contributed by atoms with E-state index in [1.54, 1.807) is 6.92 Å². The lowest BCUT2D eigenvalue weighted by molar-refractivity contribution is -0.134. The quantitative estimate of drug-likeness (QED) is 0.637. The fourth-order valence-corrected chi connectivity index (χ4v) is 2.99. The second-order valence-electron chi connectivity index (χ2n) is 2.35. The van der Waals surface area contributed by atoms with Crippen LogP contribution in [-0.2, 0) is 0 Å². The van der Waals surface area contributed by atoms with Crippen LogP contribution in [0.4, 0.5) is 13.2 Å². The van der Waals surface area contributed by atoms with Gasteiger partial charge in [0.15, 0.2) is 0 Å². The highest BCUT2D eigenvalue weighted by atomic mass is 33.1. The lowest BCUT2D eigenvalue weighted by Gasteiger charge is -2.14. The summed E-state index contributed by atoms with van der Waals surface area (Å²) in [6, 6.07) is 0. The summed E-state index contributed by atoms with van der Waals surface area (Å²) in [5.41, 5.74) is 0. The van der Waals surface area contributed by atoms with Crippen molar-refractivity contribution in [2.45, 2.75) is 38.1 Å². The molecule has 0 bridgehead atoms. The Morgan fingerprint density at radius 1 is 1.25 bits per heavy atom. The van der Waals surface area contributed by atoms with Gasteiger partial charge in [-0.15, -0.1) is 0 Å². The first-order valence-electron chi connectivity index (χ1n) is 3.84. The van der Waals surface area contributed by atoms with Crippen molar-refractivity contribution in [1.82, 2.24) is 0 Å². The van der Waals surface area contributed by atoms with E-state index < -0.39 is 12.6 Å². The van der Waals surface area contributed by atoms with Gasteiger partial charge in [0.25, 0.3) is 0 Å². The Kier molecular flexibility index (Phi) is 6.27. The predicted octanol–water partition coefficient (Wildman–Crippen LogP) is 4.12. The van der Waals surface area contributed by atoms with Crippen molar-refractivity contribution in [3.05, 3.63) is 0 Å². The Hall–Kier alpha value is 0.490. The lowest BCUT2D eigenvalue weighted by atomic mass is 10.2. The van der Waals surface area contributed by atoms with Crippen LogP contribution in [0, 0.1) is 0 Å². The molecule has 0 N–H and O–H groups in total. The molecule has 0 spiro atoms. The van der Waals surface area contributed by atoms with E-state index in [-0.39, 0.29) is 5.25 Å². The maximum atomic E-state index is 11.9. The Morgan fingerprint density at radius 2 is 1.83 bits per heavy atom. The summed E-state index contributed by atoms with van der Waals surface area (Å²) in [6.07, 6.45) is -4.10. The predicted molar refractivity (Wildman–Crippen MR) is 50.5 cm³/mol. The van der Waals surface area contributed by atoms with Crippen LogP contribution in [0.25, 0.3) is 0 Å². The Balaban J connectivity index is 3.67. The van der Waals surface area contributed by atoms with E-state index in [4.69, 9.17) is 0 Å². The van der Waals surface area contributed by atoms with Gasteiger partial charge in [0.2, 0.25) is 0 Å². The Bertz CT molecular complexity index is 114. The van der Waals surface area contributed by atoms with Crippen LogP contribution in [0.15, 0.2) is 0 Å². The molecule has 0 fully saturated rings. The van der Waals surface area contributed by atoms with Crippen LogP contribution in [0.5, 0.6) is 0 Å². The molecule has 12 heavy (non-hydrogen) atoms. The number of hydrogen-bond donors (Lipinski definition) is 0. The highest BCUT2D eigenvalue weighted by Crippen LogP contribution is 2.35. The summed E-state index contributed by atoms with van der Waals surface area (Å²) in [6.45, 7) is 3.73. The van der Waals surface area contributed by atoms with Crippen molar-refractivity contribution in [2.24, 2.45) is 0 Å². The molecule has 0 amide bonds. The minimum Gasteiger partial charge on any atom is -0.171 e. The van der Waals surface area contributed by atoms with E-state index >= 15 is 0 Å². The second-order valence-corrected chi connectivity index (χ2v) is 5.31. The first-order valence-corrected chi connectivity index (χ1v) is 6.22. The Labute approximate surface area is 79.1 Å². The minimum atomic E-state index is -4.01. The number of hydrogen-bond acceptors (Lipinski definition) is 2. The van der Waals surface area contributed by atoms with Gasteiger partial charge in [0.1, 0.15) is 0 Å². The summed E-state index contributed by atoms with van der Waals surface area (Å²) in [7, 11) is 2.84. The zero-order chi connectivity index (χ0) is 9.61. The Morgan fingerprint density at radius 3 is 2.17 bits per heavy atom. The smallest absolute Gasteiger partial charge is 0.171 e. The molecule has 0 aliphatic carbocycles. The molecule has 0 aliphatic rings. The molecule has 0 aromatic heterocycles. The van der Waals surface area contributed by atoms with Gasteiger partial charge in [-0.05, 0) is 6.42 Å². The van der Waals surface area contributed by atoms with Crippen LogP contribution in [-0.4, -0.2) is 17.2 Å². The second kappa shape index (κ2) is 6.02. The SMILES string of the molecule is CCSS[C@@H](CC)CC(F)(F)F. The molecular weight excluding hydrogens is 205 g/mol. The summed E-state index contributed by atoms with van der Waals surface area (Å²) < 4.78 is 35.7. The summed E-state index contributed by atoms with van der Waals surface area (Å²) in [5, 5.41) is -0.282. The molecule has 0 unspecified atom stereocenters. The normalized spacial score (nSPS) is 14.8. The van der Waals surface area contributed by atoms with E-state index in [2.05, 4.69) is 0 Å². The highest BCUT2D eigenvalue weighted by Gasteiger charge is 2.31. The molecule has 74 valence electrons. The van der Waals surface area contributed by atoms with Gasteiger partial charge >= 0.3 is 6.18 Å². The minimum absolute atomic E-state index is 0.282. The monoisotopic (exact) mass is 218 g/mol. The molecule has 5 heteroatoms. The molecule has 0 nitrogen and oxygen atoms in total. The van der Waals surface area contributed by atoms with Crippen LogP contribution in [0.3, 0.4) is 0 Å². The molecule has 0 rings (SSSR count). The van der Waals surface area contributed by atoms with Crippen molar-refractivity contribution in [1.29, 1.82) is 0 Å². The van der Waals surface area contributed by atoms with E-state index in [1.165, 1.54) is 21.6 Å². The molecule has 1 atom stereocenters. The number of rotatable bonds is 5. The molecule has 0 saturated carbocycles. The third-order valence-corrected chi connectivity index (χ3v) is 4.31. The van der Waals surface area contributed by atoms with Gasteiger partial charge < -0.3 is 0 Å². The molecule has 0 saturated heterocycles. The topological polar surface area (TPSA) is 0 Å². The van der Waals surface area contributed by atoms with Crippen molar-refractivity contribution in [2.75, 3.05) is 5.75 Å². The van der Waals surface area contributed by atoms with Crippen molar-refractivity contribution >= 4 is 21.6 Å². The first-order chi connectivity index (χ1) is 5.49.